The summed E-state index contributed by atoms with van der Waals surface area (Å²) in [5.74, 6) is -0.854. The van der Waals surface area contributed by atoms with Gasteiger partial charge in [-0.25, -0.2) is 4.79 Å². The maximum Gasteiger partial charge on any atom is 0.337 e. The maximum absolute atomic E-state index is 12.0. The number of benzene rings is 2. The van der Waals surface area contributed by atoms with Gasteiger partial charge in [-0.2, -0.15) is 0 Å². The molecule has 1 N–H and O–H groups in total. The second-order valence-corrected chi connectivity index (χ2v) is 4.68. The van der Waals surface area contributed by atoms with Gasteiger partial charge in [-0.1, -0.05) is 18.2 Å². The van der Waals surface area contributed by atoms with Gasteiger partial charge in [-0.05, 0) is 24.3 Å². The zero-order chi connectivity index (χ0) is 16.8. The third-order valence-electron chi connectivity index (χ3n) is 3.13. The van der Waals surface area contributed by atoms with Crippen LogP contribution in [-0.2, 0) is 16.0 Å². The summed E-state index contributed by atoms with van der Waals surface area (Å²) >= 11 is 0. The highest BCUT2D eigenvalue weighted by molar-refractivity contribution is 5.94. The molecule has 0 atom stereocenters. The number of methoxy groups -OCH3 is 1. The van der Waals surface area contributed by atoms with Crippen LogP contribution in [0.3, 0.4) is 0 Å². The lowest BCUT2D eigenvalue weighted by molar-refractivity contribution is -0.385. The Bertz CT molecular complexity index is 740. The summed E-state index contributed by atoms with van der Waals surface area (Å²) in [5, 5.41) is 13.5. The summed E-state index contributed by atoms with van der Waals surface area (Å²) in [5.41, 5.74) is 1.09. The molecule has 2 aromatic rings. The molecule has 1 amide bonds. The number of carbonyl (C=O) groups is 2. The molecule has 0 aliphatic rings. The molecule has 0 bridgehead atoms. The van der Waals surface area contributed by atoms with Crippen LogP contribution in [0.4, 0.5) is 11.4 Å². The van der Waals surface area contributed by atoms with Crippen molar-refractivity contribution in [2.75, 3.05) is 12.4 Å². The highest BCUT2D eigenvalue weighted by Crippen LogP contribution is 2.19. The number of amides is 1. The van der Waals surface area contributed by atoms with Crippen LogP contribution in [0, 0.1) is 10.1 Å². The van der Waals surface area contributed by atoms with Crippen molar-refractivity contribution in [3.05, 3.63) is 69.8 Å². The van der Waals surface area contributed by atoms with Crippen molar-refractivity contribution in [2.24, 2.45) is 0 Å². The van der Waals surface area contributed by atoms with E-state index in [1.54, 1.807) is 24.3 Å². The largest absolute Gasteiger partial charge is 0.465 e. The van der Waals surface area contributed by atoms with E-state index in [9.17, 15) is 19.7 Å². The van der Waals surface area contributed by atoms with E-state index < -0.39 is 10.9 Å². The van der Waals surface area contributed by atoms with Crippen LogP contribution >= 0.6 is 0 Å². The summed E-state index contributed by atoms with van der Waals surface area (Å²) in [4.78, 5) is 33.7. The van der Waals surface area contributed by atoms with Gasteiger partial charge in [-0.15, -0.1) is 0 Å². The Morgan fingerprint density at radius 3 is 2.39 bits per heavy atom. The Morgan fingerprint density at radius 2 is 1.78 bits per heavy atom. The average molecular weight is 314 g/mol. The van der Waals surface area contributed by atoms with E-state index >= 15 is 0 Å². The molecule has 2 rings (SSSR count). The monoisotopic (exact) mass is 314 g/mol. The lowest BCUT2D eigenvalue weighted by Gasteiger charge is -2.06. The molecule has 0 aromatic heterocycles. The molecule has 7 nitrogen and oxygen atoms in total. The van der Waals surface area contributed by atoms with Gasteiger partial charge in [0, 0.05) is 17.3 Å². The molecule has 0 unspecified atom stereocenters. The SMILES string of the molecule is COC(=O)c1ccc(NC(=O)Cc2ccccc2[N+](=O)[O-])cc1. The number of nitro groups is 1. The summed E-state index contributed by atoms with van der Waals surface area (Å²) in [6.45, 7) is 0. The number of rotatable bonds is 5. The van der Waals surface area contributed by atoms with E-state index in [2.05, 4.69) is 10.1 Å². The van der Waals surface area contributed by atoms with Gasteiger partial charge in [0.25, 0.3) is 5.69 Å². The zero-order valence-electron chi connectivity index (χ0n) is 12.3. The normalized spacial score (nSPS) is 9.96. The predicted octanol–water partition coefficient (Wildman–Crippen LogP) is 2.56. The summed E-state index contributed by atoms with van der Waals surface area (Å²) < 4.78 is 4.58. The average Bonchev–Trinajstić information content (AvgIpc) is 2.55. The predicted molar refractivity (Wildman–Crippen MR) is 83.2 cm³/mol. The first kappa shape index (κ1) is 16.2. The van der Waals surface area contributed by atoms with E-state index in [-0.39, 0.29) is 18.0 Å². The first-order chi connectivity index (χ1) is 11.0. The number of nitrogens with zero attached hydrogens (tertiary/aromatic N) is 1. The number of hydrogen-bond acceptors (Lipinski definition) is 5. The molecule has 0 saturated heterocycles. The number of ether oxygens (including phenoxy) is 1. The van der Waals surface area contributed by atoms with E-state index in [0.717, 1.165) is 0 Å². The van der Waals surface area contributed by atoms with Crippen LogP contribution in [0.25, 0.3) is 0 Å². The topological polar surface area (TPSA) is 98.5 Å². The van der Waals surface area contributed by atoms with Crippen molar-refractivity contribution in [3.63, 3.8) is 0 Å². The summed E-state index contributed by atoms with van der Waals surface area (Å²) in [6, 6.07) is 12.2. The molecular formula is C16H14N2O5. The van der Waals surface area contributed by atoms with Crippen molar-refractivity contribution < 1.29 is 19.2 Å². The number of anilines is 1. The van der Waals surface area contributed by atoms with Gasteiger partial charge >= 0.3 is 5.97 Å². The molecule has 0 heterocycles. The van der Waals surface area contributed by atoms with E-state index in [0.29, 0.717) is 16.8 Å². The summed E-state index contributed by atoms with van der Waals surface area (Å²) in [6.07, 6.45) is -0.115. The van der Waals surface area contributed by atoms with Crippen LogP contribution in [0.15, 0.2) is 48.5 Å². The van der Waals surface area contributed by atoms with Gasteiger partial charge in [-0.3, -0.25) is 14.9 Å². The smallest absolute Gasteiger partial charge is 0.337 e. The second kappa shape index (κ2) is 7.17. The number of nitro benzene ring substituents is 1. The van der Waals surface area contributed by atoms with Crippen LogP contribution in [0.5, 0.6) is 0 Å². The number of nitrogens with one attached hydrogen (secondary N) is 1. The molecule has 23 heavy (non-hydrogen) atoms. The highest BCUT2D eigenvalue weighted by Gasteiger charge is 2.15. The molecular weight excluding hydrogens is 300 g/mol. The maximum atomic E-state index is 12.0. The quantitative estimate of drug-likeness (QED) is 0.519. The third-order valence-corrected chi connectivity index (χ3v) is 3.13. The fourth-order valence-electron chi connectivity index (χ4n) is 2.02. The Kier molecular flexibility index (Phi) is 5.03. The van der Waals surface area contributed by atoms with E-state index in [4.69, 9.17) is 0 Å². The van der Waals surface area contributed by atoms with Crippen molar-refractivity contribution in [1.29, 1.82) is 0 Å². The molecule has 0 radical (unpaired) electrons. The van der Waals surface area contributed by atoms with Crippen LogP contribution < -0.4 is 5.32 Å². The van der Waals surface area contributed by atoms with Crippen LogP contribution in [-0.4, -0.2) is 23.9 Å². The first-order valence-corrected chi connectivity index (χ1v) is 6.72. The molecule has 0 saturated carbocycles. The van der Waals surface area contributed by atoms with Gasteiger partial charge < -0.3 is 10.1 Å². The van der Waals surface area contributed by atoms with E-state index in [1.165, 1.54) is 31.4 Å². The van der Waals surface area contributed by atoms with Crippen LogP contribution in [0.2, 0.25) is 0 Å². The zero-order valence-corrected chi connectivity index (χ0v) is 12.3. The number of para-hydroxylation sites is 1. The van der Waals surface area contributed by atoms with Crippen molar-refractivity contribution in [1.82, 2.24) is 0 Å². The molecule has 0 aliphatic carbocycles. The van der Waals surface area contributed by atoms with Gasteiger partial charge in [0.15, 0.2) is 0 Å². The Morgan fingerprint density at radius 1 is 1.13 bits per heavy atom. The third kappa shape index (κ3) is 4.13. The van der Waals surface area contributed by atoms with Crippen molar-refractivity contribution in [2.45, 2.75) is 6.42 Å². The van der Waals surface area contributed by atoms with E-state index in [1.807, 2.05) is 0 Å². The first-order valence-electron chi connectivity index (χ1n) is 6.72. The lowest BCUT2D eigenvalue weighted by atomic mass is 10.1. The minimum Gasteiger partial charge on any atom is -0.465 e. The van der Waals surface area contributed by atoms with Gasteiger partial charge in [0.05, 0.1) is 24.0 Å². The fraction of sp³-hybridized carbons (Fsp3) is 0.125. The molecule has 0 spiro atoms. The standard InChI is InChI=1S/C16H14N2O5/c1-23-16(20)11-6-8-13(9-7-11)17-15(19)10-12-4-2-3-5-14(12)18(21)22/h2-9H,10H2,1H3,(H,17,19). The minimum atomic E-state index is -0.520. The second-order valence-electron chi connectivity index (χ2n) is 4.68. The molecule has 118 valence electrons. The highest BCUT2D eigenvalue weighted by atomic mass is 16.6. The molecule has 0 aliphatic heterocycles. The molecule has 2 aromatic carbocycles. The molecule has 7 heteroatoms. The van der Waals surface area contributed by atoms with Crippen LogP contribution in [0.1, 0.15) is 15.9 Å². The number of carbonyl (C=O) groups excluding carboxylic acids is 2. The Balaban J connectivity index is 2.05. The van der Waals surface area contributed by atoms with Gasteiger partial charge in [0.1, 0.15) is 0 Å². The van der Waals surface area contributed by atoms with Gasteiger partial charge in [0.2, 0.25) is 5.91 Å². The van der Waals surface area contributed by atoms with Crippen molar-refractivity contribution >= 4 is 23.3 Å². The van der Waals surface area contributed by atoms with Crippen molar-refractivity contribution in [3.8, 4) is 0 Å². The molecule has 0 fully saturated rings. The lowest BCUT2D eigenvalue weighted by Crippen LogP contribution is -2.15. The fourth-order valence-corrected chi connectivity index (χ4v) is 2.02. The number of esters is 1. The number of hydrogen-bond donors (Lipinski definition) is 1. The Hall–Kier alpha value is -3.22. The summed E-state index contributed by atoms with van der Waals surface area (Å²) in [7, 11) is 1.28. The minimum absolute atomic E-state index is 0.0938. The Labute approximate surface area is 132 Å².